The minimum atomic E-state index is -0.532. The summed E-state index contributed by atoms with van der Waals surface area (Å²) in [5.74, 6) is 0.696. The van der Waals surface area contributed by atoms with Crippen LogP contribution in [0.25, 0.3) is 0 Å². The first-order valence-electron chi connectivity index (χ1n) is 7.12. The van der Waals surface area contributed by atoms with Crippen LogP contribution in [0.3, 0.4) is 0 Å². The van der Waals surface area contributed by atoms with Gasteiger partial charge in [0.1, 0.15) is 5.60 Å². The summed E-state index contributed by atoms with van der Waals surface area (Å²) >= 11 is 0. The molecule has 1 atom stereocenters. The molecule has 3 rings (SSSR count). The third kappa shape index (κ3) is 2.21. The highest BCUT2D eigenvalue weighted by Crippen LogP contribution is 2.39. The number of fused-ring (bicyclic) bond motifs is 1. The third-order valence-corrected chi connectivity index (χ3v) is 4.70. The first-order chi connectivity index (χ1) is 9.25. The summed E-state index contributed by atoms with van der Waals surface area (Å²) in [6.45, 7) is 1.75. The molecule has 0 amide bonds. The highest BCUT2D eigenvalue weighted by Gasteiger charge is 2.41. The van der Waals surface area contributed by atoms with Crippen LogP contribution in [0.1, 0.15) is 36.3 Å². The van der Waals surface area contributed by atoms with E-state index in [1.54, 1.807) is 7.11 Å². The quantitative estimate of drug-likeness (QED) is 0.899. The molecule has 1 aromatic carbocycles. The second-order valence-corrected chi connectivity index (χ2v) is 5.68. The maximum atomic E-state index is 12.6. The van der Waals surface area contributed by atoms with Crippen LogP contribution >= 0.6 is 0 Å². The van der Waals surface area contributed by atoms with Crippen molar-refractivity contribution in [2.24, 2.45) is 0 Å². The minimum Gasteiger partial charge on any atom is -0.370 e. The number of carbonyl (C=O) groups excluding carboxylic acids is 1. The van der Waals surface area contributed by atoms with Crippen molar-refractivity contribution in [1.82, 2.24) is 5.32 Å². The molecular weight excluding hydrogens is 238 g/mol. The fraction of sp³-hybridized carbons (Fsp3) is 0.562. The van der Waals surface area contributed by atoms with Gasteiger partial charge in [0.2, 0.25) is 0 Å². The number of carbonyl (C=O) groups is 1. The molecule has 0 bridgehead atoms. The van der Waals surface area contributed by atoms with E-state index < -0.39 is 5.60 Å². The summed E-state index contributed by atoms with van der Waals surface area (Å²) in [5, 5.41) is 3.29. The average molecular weight is 259 g/mol. The SMILES string of the molecule is COC1(C(=O)CC2Cc3ccccc32)CCNCC1. The molecule has 1 heterocycles. The van der Waals surface area contributed by atoms with E-state index in [9.17, 15) is 4.79 Å². The number of hydrogen-bond acceptors (Lipinski definition) is 3. The van der Waals surface area contributed by atoms with Crippen LogP contribution in [0.5, 0.6) is 0 Å². The van der Waals surface area contributed by atoms with Crippen molar-refractivity contribution in [3.05, 3.63) is 35.4 Å². The van der Waals surface area contributed by atoms with E-state index in [2.05, 4.69) is 29.6 Å². The Hall–Kier alpha value is -1.19. The van der Waals surface area contributed by atoms with Crippen molar-refractivity contribution in [2.45, 2.75) is 37.2 Å². The van der Waals surface area contributed by atoms with E-state index >= 15 is 0 Å². The second kappa shape index (κ2) is 5.06. The van der Waals surface area contributed by atoms with Crippen LogP contribution in [-0.2, 0) is 16.0 Å². The number of methoxy groups -OCH3 is 1. The minimum absolute atomic E-state index is 0.288. The zero-order valence-corrected chi connectivity index (χ0v) is 11.4. The average Bonchev–Trinajstić information content (AvgIpc) is 2.45. The number of Topliss-reactive ketones (excluding diaryl/α,β-unsaturated/α-hetero) is 1. The van der Waals surface area contributed by atoms with Gasteiger partial charge >= 0.3 is 0 Å². The van der Waals surface area contributed by atoms with Gasteiger partial charge in [-0.2, -0.15) is 0 Å². The highest BCUT2D eigenvalue weighted by atomic mass is 16.5. The van der Waals surface area contributed by atoms with Crippen molar-refractivity contribution < 1.29 is 9.53 Å². The molecule has 0 saturated carbocycles. The van der Waals surface area contributed by atoms with Crippen LogP contribution < -0.4 is 5.32 Å². The predicted molar refractivity (Wildman–Crippen MR) is 74.4 cm³/mol. The lowest BCUT2D eigenvalue weighted by molar-refractivity contribution is -0.144. The van der Waals surface area contributed by atoms with Crippen LogP contribution in [0.4, 0.5) is 0 Å². The van der Waals surface area contributed by atoms with Gasteiger partial charge in [0.25, 0.3) is 0 Å². The topological polar surface area (TPSA) is 38.3 Å². The molecule has 102 valence electrons. The summed E-state index contributed by atoms with van der Waals surface area (Å²) < 4.78 is 5.61. The molecule has 1 N–H and O–H groups in total. The van der Waals surface area contributed by atoms with E-state index in [4.69, 9.17) is 4.74 Å². The van der Waals surface area contributed by atoms with Gasteiger partial charge in [0.15, 0.2) is 5.78 Å². The van der Waals surface area contributed by atoms with Crippen molar-refractivity contribution >= 4 is 5.78 Å². The summed E-state index contributed by atoms with van der Waals surface area (Å²) in [6, 6.07) is 8.44. The van der Waals surface area contributed by atoms with Crippen molar-refractivity contribution in [1.29, 1.82) is 0 Å². The predicted octanol–water partition coefficient (Wildman–Crippen LogP) is 2.05. The third-order valence-electron chi connectivity index (χ3n) is 4.70. The second-order valence-electron chi connectivity index (χ2n) is 5.68. The Balaban J connectivity index is 1.69. The van der Waals surface area contributed by atoms with E-state index in [-0.39, 0.29) is 5.78 Å². The van der Waals surface area contributed by atoms with E-state index in [0.29, 0.717) is 12.3 Å². The van der Waals surface area contributed by atoms with Crippen LogP contribution in [0.15, 0.2) is 24.3 Å². The molecule has 2 aliphatic rings. The van der Waals surface area contributed by atoms with E-state index in [0.717, 1.165) is 32.4 Å². The normalized spacial score (nSPS) is 24.4. The van der Waals surface area contributed by atoms with Gasteiger partial charge in [0.05, 0.1) is 0 Å². The molecule has 1 saturated heterocycles. The fourth-order valence-electron chi connectivity index (χ4n) is 3.38. The molecule has 1 fully saturated rings. The lowest BCUT2D eigenvalue weighted by Gasteiger charge is -2.37. The Kier molecular flexibility index (Phi) is 3.42. The molecule has 0 aromatic heterocycles. The molecule has 1 unspecified atom stereocenters. The number of hydrogen-bond donors (Lipinski definition) is 1. The summed E-state index contributed by atoms with van der Waals surface area (Å²) in [4.78, 5) is 12.6. The number of ketones is 1. The molecular formula is C16H21NO2. The van der Waals surface area contributed by atoms with Gasteiger partial charge in [-0.15, -0.1) is 0 Å². The molecule has 19 heavy (non-hydrogen) atoms. The molecule has 3 heteroatoms. The Labute approximate surface area is 114 Å². The van der Waals surface area contributed by atoms with Crippen LogP contribution in [0.2, 0.25) is 0 Å². The molecule has 1 aliphatic carbocycles. The van der Waals surface area contributed by atoms with E-state index in [1.165, 1.54) is 11.1 Å². The Morgan fingerprint density at radius 2 is 2.11 bits per heavy atom. The van der Waals surface area contributed by atoms with Gasteiger partial charge in [0, 0.05) is 13.5 Å². The van der Waals surface area contributed by atoms with Crippen LogP contribution in [-0.4, -0.2) is 31.6 Å². The molecule has 1 aliphatic heterocycles. The van der Waals surface area contributed by atoms with Gasteiger partial charge in [-0.3, -0.25) is 4.79 Å². The Morgan fingerprint density at radius 1 is 1.37 bits per heavy atom. The standard InChI is InChI=1S/C16H21NO2/c1-19-16(6-8-17-9-7-16)15(18)11-13-10-12-4-2-3-5-14(12)13/h2-5,13,17H,6-11H2,1H3. The zero-order valence-electron chi connectivity index (χ0n) is 11.4. The van der Waals surface area contributed by atoms with Crippen LogP contribution in [0, 0.1) is 0 Å². The monoisotopic (exact) mass is 259 g/mol. The molecule has 0 spiro atoms. The van der Waals surface area contributed by atoms with Crippen molar-refractivity contribution in [2.75, 3.05) is 20.2 Å². The Bertz CT molecular complexity index is 477. The number of nitrogens with one attached hydrogen (secondary N) is 1. The summed E-state index contributed by atoms with van der Waals surface area (Å²) in [6.07, 6.45) is 3.28. The van der Waals surface area contributed by atoms with E-state index in [1.807, 2.05) is 0 Å². The highest BCUT2D eigenvalue weighted by molar-refractivity contribution is 5.88. The molecule has 1 aromatic rings. The first-order valence-corrected chi connectivity index (χ1v) is 7.12. The number of piperidine rings is 1. The van der Waals surface area contributed by atoms with Gasteiger partial charge in [-0.1, -0.05) is 24.3 Å². The lowest BCUT2D eigenvalue weighted by Crippen LogP contribution is -2.50. The van der Waals surface area contributed by atoms with Gasteiger partial charge in [-0.05, 0) is 49.4 Å². The largest absolute Gasteiger partial charge is 0.370 e. The molecule has 3 nitrogen and oxygen atoms in total. The fourth-order valence-corrected chi connectivity index (χ4v) is 3.38. The Morgan fingerprint density at radius 3 is 2.79 bits per heavy atom. The molecule has 0 radical (unpaired) electrons. The smallest absolute Gasteiger partial charge is 0.165 e. The summed E-state index contributed by atoms with van der Waals surface area (Å²) in [5.41, 5.74) is 2.23. The number of rotatable bonds is 4. The lowest BCUT2D eigenvalue weighted by atomic mass is 9.72. The summed E-state index contributed by atoms with van der Waals surface area (Å²) in [7, 11) is 1.68. The maximum absolute atomic E-state index is 12.6. The van der Waals surface area contributed by atoms with Crippen molar-refractivity contribution in [3.8, 4) is 0 Å². The van der Waals surface area contributed by atoms with Gasteiger partial charge < -0.3 is 10.1 Å². The van der Waals surface area contributed by atoms with Gasteiger partial charge in [-0.25, -0.2) is 0 Å². The zero-order chi connectivity index (χ0) is 13.3. The number of ether oxygens (including phenoxy) is 1. The number of benzene rings is 1. The van der Waals surface area contributed by atoms with Crippen molar-refractivity contribution in [3.63, 3.8) is 0 Å². The first kappa shape index (κ1) is 12.8. The maximum Gasteiger partial charge on any atom is 0.165 e.